The Morgan fingerprint density at radius 1 is 0.800 bits per heavy atom. The molecule has 0 bridgehead atoms. The zero-order valence-electron chi connectivity index (χ0n) is 19.3. The van der Waals surface area contributed by atoms with E-state index in [-0.39, 0.29) is 11.7 Å². The van der Waals surface area contributed by atoms with E-state index in [4.69, 9.17) is 4.42 Å². The molecule has 2 rings (SSSR count). The summed E-state index contributed by atoms with van der Waals surface area (Å²) in [7, 11) is 0. The lowest BCUT2D eigenvalue weighted by Crippen LogP contribution is -2.02. The summed E-state index contributed by atoms with van der Waals surface area (Å²) in [6.07, 6.45) is 21.5. The molecule has 0 aliphatic rings. The Morgan fingerprint density at radius 2 is 1.33 bits per heavy atom. The normalized spacial score (nSPS) is 12.5. The molecule has 0 amide bonds. The number of phenols is 1. The molecule has 0 saturated heterocycles. The summed E-state index contributed by atoms with van der Waals surface area (Å²) < 4.78 is 4.93. The second-order valence-electron chi connectivity index (χ2n) is 8.96. The van der Waals surface area contributed by atoms with Gasteiger partial charge in [-0.3, -0.25) is 0 Å². The third-order valence-electron chi connectivity index (χ3n) is 6.39. The van der Waals surface area contributed by atoms with Crippen LogP contribution in [0.3, 0.4) is 0 Å². The fourth-order valence-corrected chi connectivity index (χ4v) is 4.40. The van der Waals surface area contributed by atoms with E-state index in [1.165, 1.54) is 96.2 Å². The van der Waals surface area contributed by atoms with Crippen molar-refractivity contribution in [2.45, 2.75) is 116 Å². The molecule has 0 radical (unpaired) electrons. The largest absolute Gasteiger partial charge is 0.507 e. The fourth-order valence-electron chi connectivity index (χ4n) is 4.40. The quantitative estimate of drug-likeness (QED) is 0.280. The monoisotopic (exact) mass is 414 g/mol. The lowest BCUT2D eigenvalue weighted by molar-refractivity contribution is 0.457. The van der Waals surface area contributed by atoms with Gasteiger partial charge in [-0.25, -0.2) is 4.79 Å². The summed E-state index contributed by atoms with van der Waals surface area (Å²) in [5.74, 6) is 0.339. The first kappa shape index (κ1) is 24.5. The van der Waals surface area contributed by atoms with Crippen LogP contribution in [0.15, 0.2) is 33.7 Å². The first-order valence-corrected chi connectivity index (χ1v) is 12.4. The number of hydrogen-bond acceptors (Lipinski definition) is 3. The molecule has 3 nitrogen and oxygen atoms in total. The maximum absolute atomic E-state index is 11.9. The molecule has 0 spiro atoms. The summed E-state index contributed by atoms with van der Waals surface area (Å²) in [4.78, 5) is 11.9. The zero-order chi connectivity index (χ0) is 21.6. The maximum Gasteiger partial charge on any atom is 0.347 e. The van der Waals surface area contributed by atoms with Crippen molar-refractivity contribution in [1.82, 2.24) is 0 Å². The van der Waals surface area contributed by atoms with Crippen molar-refractivity contribution in [3.63, 3.8) is 0 Å². The highest BCUT2D eigenvalue weighted by atomic mass is 16.4. The third-order valence-corrected chi connectivity index (χ3v) is 6.39. The van der Waals surface area contributed by atoms with Crippen LogP contribution in [-0.4, -0.2) is 5.11 Å². The standard InChI is InChI=1S/C27H42O3/c1-3-4-5-6-7-8-9-10-11-12-13-14-15-16-17-22(2)24-19-18-23-20-21-30-27(29)25(23)26(24)28/h18-22,28H,3-17H2,1-2H3. The van der Waals surface area contributed by atoms with Gasteiger partial charge in [-0.05, 0) is 29.4 Å². The Bertz CT molecular complexity index is 777. The van der Waals surface area contributed by atoms with Gasteiger partial charge in [-0.1, -0.05) is 116 Å². The van der Waals surface area contributed by atoms with Crippen molar-refractivity contribution in [3.8, 4) is 5.75 Å². The second-order valence-corrected chi connectivity index (χ2v) is 8.96. The highest BCUT2D eigenvalue weighted by Crippen LogP contribution is 2.34. The van der Waals surface area contributed by atoms with Gasteiger partial charge in [0.25, 0.3) is 0 Å². The van der Waals surface area contributed by atoms with Crippen molar-refractivity contribution in [1.29, 1.82) is 0 Å². The van der Waals surface area contributed by atoms with Crippen LogP contribution in [0.5, 0.6) is 5.75 Å². The highest BCUT2D eigenvalue weighted by Gasteiger charge is 2.15. The summed E-state index contributed by atoms with van der Waals surface area (Å²) in [6.45, 7) is 4.41. The van der Waals surface area contributed by atoms with Gasteiger partial charge in [0.1, 0.15) is 11.1 Å². The summed E-state index contributed by atoms with van der Waals surface area (Å²) in [6, 6.07) is 5.58. The molecule has 1 N–H and O–H groups in total. The minimum absolute atomic E-state index is 0.0970. The summed E-state index contributed by atoms with van der Waals surface area (Å²) >= 11 is 0. The Balaban J connectivity index is 1.54. The third kappa shape index (κ3) is 8.16. The van der Waals surface area contributed by atoms with Crippen LogP contribution in [0, 0.1) is 0 Å². The molecular formula is C27H42O3. The molecule has 3 heteroatoms. The van der Waals surface area contributed by atoms with Crippen LogP contribution in [0.25, 0.3) is 10.8 Å². The van der Waals surface area contributed by atoms with Gasteiger partial charge in [-0.2, -0.15) is 0 Å². The zero-order valence-corrected chi connectivity index (χ0v) is 19.3. The van der Waals surface area contributed by atoms with E-state index >= 15 is 0 Å². The first-order valence-electron chi connectivity index (χ1n) is 12.4. The minimum atomic E-state index is -0.462. The predicted octanol–water partition coefficient (Wildman–Crippen LogP) is 8.47. The van der Waals surface area contributed by atoms with E-state index in [1.54, 1.807) is 6.07 Å². The topological polar surface area (TPSA) is 50.4 Å². The Morgan fingerprint density at radius 3 is 1.90 bits per heavy atom. The highest BCUT2D eigenvalue weighted by molar-refractivity contribution is 5.88. The number of aromatic hydroxyl groups is 1. The van der Waals surface area contributed by atoms with Gasteiger partial charge >= 0.3 is 5.63 Å². The summed E-state index contributed by atoms with van der Waals surface area (Å²) in [5.41, 5.74) is 0.395. The predicted molar refractivity (Wildman–Crippen MR) is 127 cm³/mol. The van der Waals surface area contributed by atoms with Crippen molar-refractivity contribution in [2.24, 2.45) is 0 Å². The maximum atomic E-state index is 11.9. The van der Waals surface area contributed by atoms with Crippen LogP contribution in [0.1, 0.15) is 122 Å². The molecule has 0 saturated carbocycles. The van der Waals surface area contributed by atoms with Crippen LogP contribution < -0.4 is 5.63 Å². The molecule has 1 aromatic heterocycles. The number of benzene rings is 1. The van der Waals surface area contributed by atoms with Gasteiger partial charge in [-0.15, -0.1) is 0 Å². The van der Waals surface area contributed by atoms with E-state index < -0.39 is 5.63 Å². The lowest BCUT2D eigenvalue weighted by atomic mass is 9.92. The molecular weight excluding hydrogens is 372 g/mol. The molecule has 0 fully saturated rings. The van der Waals surface area contributed by atoms with Crippen molar-refractivity contribution in [3.05, 3.63) is 40.4 Å². The van der Waals surface area contributed by atoms with Crippen LogP contribution in [0.2, 0.25) is 0 Å². The smallest absolute Gasteiger partial charge is 0.347 e. The van der Waals surface area contributed by atoms with Gasteiger partial charge in [0.15, 0.2) is 0 Å². The van der Waals surface area contributed by atoms with Crippen molar-refractivity contribution in [2.75, 3.05) is 0 Å². The molecule has 2 aromatic rings. The van der Waals surface area contributed by atoms with Crippen LogP contribution >= 0.6 is 0 Å². The van der Waals surface area contributed by atoms with E-state index in [2.05, 4.69) is 13.8 Å². The van der Waals surface area contributed by atoms with E-state index in [0.29, 0.717) is 5.39 Å². The molecule has 1 atom stereocenters. The summed E-state index contributed by atoms with van der Waals surface area (Å²) in [5, 5.41) is 11.6. The molecule has 1 aromatic carbocycles. The Labute approximate surface area is 182 Å². The molecule has 0 aliphatic heterocycles. The van der Waals surface area contributed by atoms with Crippen LogP contribution in [0.4, 0.5) is 0 Å². The molecule has 1 unspecified atom stereocenters. The second kappa shape index (κ2) is 14.3. The molecule has 0 aliphatic carbocycles. The average Bonchev–Trinajstić information content (AvgIpc) is 2.74. The average molecular weight is 415 g/mol. The lowest BCUT2D eigenvalue weighted by Gasteiger charge is -2.14. The Kier molecular flexibility index (Phi) is 11.7. The number of rotatable bonds is 16. The molecule has 168 valence electrons. The molecule has 30 heavy (non-hydrogen) atoms. The van der Waals surface area contributed by atoms with Gasteiger partial charge in [0, 0.05) is 0 Å². The van der Waals surface area contributed by atoms with E-state index in [1.807, 2.05) is 12.1 Å². The van der Waals surface area contributed by atoms with Gasteiger partial charge in [0.2, 0.25) is 0 Å². The van der Waals surface area contributed by atoms with Crippen molar-refractivity contribution >= 4 is 10.8 Å². The van der Waals surface area contributed by atoms with E-state index in [0.717, 1.165) is 17.4 Å². The SMILES string of the molecule is CCCCCCCCCCCCCCCCC(C)c1ccc2ccoc(=O)c2c1O. The first-order chi connectivity index (χ1) is 14.6. The van der Waals surface area contributed by atoms with Crippen molar-refractivity contribution < 1.29 is 9.52 Å². The number of unbranched alkanes of at least 4 members (excludes halogenated alkanes) is 13. The number of fused-ring (bicyclic) bond motifs is 1. The number of hydrogen-bond donors (Lipinski definition) is 1. The minimum Gasteiger partial charge on any atom is -0.507 e. The van der Waals surface area contributed by atoms with Crippen LogP contribution in [-0.2, 0) is 0 Å². The number of phenolic OH excluding ortho intramolecular Hbond substituents is 1. The van der Waals surface area contributed by atoms with E-state index in [9.17, 15) is 9.90 Å². The van der Waals surface area contributed by atoms with Gasteiger partial charge < -0.3 is 9.52 Å². The molecule has 1 heterocycles. The van der Waals surface area contributed by atoms with Gasteiger partial charge in [0.05, 0.1) is 6.26 Å². The fraction of sp³-hybridized carbons (Fsp3) is 0.667. The Hall–Kier alpha value is -1.77.